The van der Waals surface area contributed by atoms with E-state index in [1.54, 1.807) is 11.8 Å². The number of anilines is 3. The molecule has 2 N–H and O–H groups in total. The Morgan fingerprint density at radius 1 is 1.21 bits per heavy atom. The van der Waals surface area contributed by atoms with Gasteiger partial charge in [-0.15, -0.1) is 10.2 Å². The number of carbonyl (C=O) groups is 1. The van der Waals surface area contributed by atoms with E-state index in [4.69, 9.17) is 0 Å². The largest absolute Gasteiger partial charge is 0.360 e. The highest BCUT2D eigenvalue weighted by molar-refractivity contribution is 6.01. The van der Waals surface area contributed by atoms with Crippen LogP contribution in [0, 0.1) is 11.3 Å². The first-order chi connectivity index (χ1) is 13.7. The second-order valence-corrected chi connectivity index (χ2v) is 6.38. The van der Waals surface area contributed by atoms with Crippen LogP contribution in [0.25, 0.3) is 5.57 Å². The highest BCUT2D eigenvalue weighted by Gasteiger charge is 2.23. The number of nitrogens with zero attached hydrogens (tertiary/aromatic N) is 5. The first-order valence-electron chi connectivity index (χ1n) is 8.79. The van der Waals surface area contributed by atoms with Crippen molar-refractivity contribution >= 4 is 28.5 Å². The number of H-pyrrole nitrogens is 1. The number of para-hydroxylation sites is 1. The minimum atomic E-state index is -0.0483. The summed E-state index contributed by atoms with van der Waals surface area (Å²) in [6.45, 7) is 1.57. The third kappa shape index (κ3) is 3.21. The number of fused-ring (bicyclic) bond motifs is 2. The molecule has 0 atom stereocenters. The van der Waals surface area contributed by atoms with Gasteiger partial charge in [0.1, 0.15) is 11.6 Å². The Hall–Kier alpha value is -3.99. The molecule has 0 unspecified atom stereocenters. The number of benzene rings is 2. The summed E-state index contributed by atoms with van der Waals surface area (Å²) in [7, 11) is 0. The maximum absolute atomic E-state index is 12.5. The molecule has 28 heavy (non-hydrogen) atoms. The van der Waals surface area contributed by atoms with Gasteiger partial charge in [0, 0.05) is 18.8 Å². The molecule has 0 saturated heterocycles. The molecule has 0 fully saturated rings. The molecule has 1 aromatic heterocycles. The Balaban J connectivity index is 1.72. The highest BCUT2D eigenvalue weighted by Crippen LogP contribution is 2.37. The van der Waals surface area contributed by atoms with Crippen molar-refractivity contribution in [1.82, 2.24) is 20.6 Å². The standard InChI is InChI=1S/C20H17N7O/c1-13(28)27-18-5-3-2-4-14(18)6-7-15-8-9-17(10-19(15)27)22-12-16(11-21)20-23-25-26-24-20/h2-5,8-10,12,22H,6-7H2,1H3,(H,23,24,25,26). The lowest BCUT2D eigenvalue weighted by Gasteiger charge is -2.24. The summed E-state index contributed by atoms with van der Waals surface area (Å²) >= 11 is 0. The molecule has 8 heteroatoms. The fourth-order valence-electron chi connectivity index (χ4n) is 3.33. The number of tetrazole rings is 1. The molecular weight excluding hydrogens is 354 g/mol. The minimum Gasteiger partial charge on any atom is -0.360 e. The quantitative estimate of drug-likeness (QED) is 0.685. The molecule has 8 nitrogen and oxygen atoms in total. The van der Waals surface area contributed by atoms with E-state index in [0.717, 1.165) is 41.0 Å². The zero-order valence-corrected chi connectivity index (χ0v) is 15.2. The van der Waals surface area contributed by atoms with Gasteiger partial charge in [0.2, 0.25) is 11.7 Å². The van der Waals surface area contributed by atoms with Crippen molar-refractivity contribution in [2.45, 2.75) is 19.8 Å². The van der Waals surface area contributed by atoms with Crippen molar-refractivity contribution in [2.24, 2.45) is 0 Å². The fraction of sp³-hybridized carbons (Fsp3) is 0.150. The monoisotopic (exact) mass is 371 g/mol. The molecule has 4 rings (SSSR count). The van der Waals surface area contributed by atoms with E-state index >= 15 is 0 Å². The number of aromatic nitrogens is 4. The van der Waals surface area contributed by atoms with Crippen molar-refractivity contribution in [1.29, 1.82) is 5.26 Å². The second kappa shape index (κ2) is 7.32. The van der Waals surface area contributed by atoms with Gasteiger partial charge in [-0.1, -0.05) is 24.3 Å². The molecule has 1 aliphatic heterocycles. The summed E-state index contributed by atoms with van der Waals surface area (Å²) in [5.74, 6) is 0.164. The lowest BCUT2D eigenvalue weighted by Crippen LogP contribution is -2.23. The fourth-order valence-corrected chi connectivity index (χ4v) is 3.33. The summed E-state index contributed by atoms with van der Waals surface area (Å²) < 4.78 is 0. The first kappa shape index (κ1) is 17.4. The van der Waals surface area contributed by atoms with Gasteiger partial charge in [-0.3, -0.25) is 9.69 Å². The van der Waals surface area contributed by atoms with Gasteiger partial charge in [-0.25, -0.2) is 0 Å². The molecule has 0 spiro atoms. The van der Waals surface area contributed by atoms with Crippen molar-refractivity contribution in [3.05, 3.63) is 65.6 Å². The normalized spacial score (nSPS) is 13.1. The maximum Gasteiger partial charge on any atom is 0.228 e. The summed E-state index contributed by atoms with van der Waals surface area (Å²) in [5, 5.41) is 25.8. The van der Waals surface area contributed by atoms with Crippen LogP contribution in [0.5, 0.6) is 0 Å². The van der Waals surface area contributed by atoms with E-state index in [2.05, 4.69) is 32.0 Å². The van der Waals surface area contributed by atoms with Crippen molar-refractivity contribution in [2.75, 3.05) is 10.2 Å². The minimum absolute atomic E-state index is 0.0483. The number of rotatable bonds is 3. The molecule has 2 aromatic carbocycles. The molecule has 0 radical (unpaired) electrons. The van der Waals surface area contributed by atoms with E-state index < -0.39 is 0 Å². The Morgan fingerprint density at radius 2 is 2.00 bits per heavy atom. The van der Waals surface area contributed by atoms with Gasteiger partial charge in [0.15, 0.2) is 0 Å². The Labute approximate surface area is 161 Å². The number of hydrogen-bond donors (Lipinski definition) is 2. The van der Waals surface area contributed by atoms with Crippen LogP contribution in [-0.4, -0.2) is 26.5 Å². The summed E-state index contributed by atoms with van der Waals surface area (Å²) in [6, 6.07) is 15.8. The van der Waals surface area contributed by atoms with Crippen LogP contribution in [0.4, 0.5) is 17.1 Å². The van der Waals surface area contributed by atoms with Gasteiger partial charge < -0.3 is 5.32 Å². The topological polar surface area (TPSA) is 111 Å². The third-order valence-electron chi connectivity index (χ3n) is 4.63. The van der Waals surface area contributed by atoms with Crippen LogP contribution in [0.1, 0.15) is 23.9 Å². The summed E-state index contributed by atoms with van der Waals surface area (Å²) in [4.78, 5) is 14.2. The number of hydrogen-bond acceptors (Lipinski definition) is 6. The van der Waals surface area contributed by atoms with Crippen LogP contribution in [0.15, 0.2) is 48.7 Å². The number of allylic oxidation sites excluding steroid dienone is 1. The third-order valence-corrected chi connectivity index (χ3v) is 4.63. The van der Waals surface area contributed by atoms with Gasteiger partial charge in [-0.2, -0.15) is 10.5 Å². The first-order valence-corrected chi connectivity index (χ1v) is 8.79. The average molecular weight is 371 g/mol. The SMILES string of the molecule is CC(=O)N1c2ccccc2CCc2ccc(NC=C(C#N)c3nn[nH]n3)cc21. The van der Waals surface area contributed by atoms with Crippen molar-refractivity contribution < 1.29 is 4.79 Å². The van der Waals surface area contributed by atoms with Crippen molar-refractivity contribution in [3.63, 3.8) is 0 Å². The smallest absolute Gasteiger partial charge is 0.228 e. The Morgan fingerprint density at radius 3 is 2.71 bits per heavy atom. The van der Waals surface area contributed by atoms with E-state index in [-0.39, 0.29) is 17.3 Å². The number of aromatic amines is 1. The molecule has 0 aliphatic carbocycles. The molecular formula is C20H17N7O. The van der Waals surface area contributed by atoms with Crippen LogP contribution in [-0.2, 0) is 17.6 Å². The van der Waals surface area contributed by atoms with Gasteiger partial charge >= 0.3 is 0 Å². The number of amides is 1. The zero-order chi connectivity index (χ0) is 19.5. The van der Waals surface area contributed by atoms with Crippen molar-refractivity contribution in [3.8, 4) is 6.07 Å². The Kier molecular flexibility index (Phi) is 4.56. The number of carbonyl (C=O) groups excluding carboxylic acids is 1. The number of nitriles is 1. The number of nitrogens with one attached hydrogen (secondary N) is 2. The highest BCUT2D eigenvalue weighted by atomic mass is 16.2. The molecule has 3 aromatic rings. The summed E-state index contributed by atoms with van der Waals surface area (Å²) in [5.41, 5.74) is 4.99. The lowest BCUT2D eigenvalue weighted by atomic mass is 10.0. The van der Waals surface area contributed by atoms with Gasteiger partial charge in [-0.05, 0) is 47.4 Å². The van der Waals surface area contributed by atoms with Crippen LogP contribution in [0.2, 0.25) is 0 Å². The van der Waals surface area contributed by atoms with Crippen LogP contribution in [0.3, 0.4) is 0 Å². The molecule has 138 valence electrons. The van der Waals surface area contributed by atoms with Crippen LogP contribution < -0.4 is 10.2 Å². The number of aryl methyl sites for hydroxylation is 2. The molecule has 0 bridgehead atoms. The molecule has 0 saturated carbocycles. The lowest BCUT2D eigenvalue weighted by molar-refractivity contribution is -0.115. The molecule has 1 amide bonds. The Bertz CT molecular complexity index is 1100. The van der Waals surface area contributed by atoms with Gasteiger partial charge in [0.25, 0.3) is 0 Å². The predicted molar refractivity (Wildman–Crippen MR) is 105 cm³/mol. The zero-order valence-electron chi connectivity index (χ0n) is 15.2. The second-order valence-electron chi connectivity index (χ2n) is 6.38. The summed E-state index contributed by atoms with van der Waals surface area (Å²) in [6.07, 6.45) is 3.24. The predicted octanol–water partition coefficient (Wildman–Crippen LogP) is 2.96. The average Bonchev–Trinajstić information content (AvgIpc) is 3.17. The van der Waals surface area contributed by atoms with E-state index in [0.29, 0.717) is 0 Å². The molecule has 1 aliphatic rings. The van der Waals surface area contributed by atoms with E-state index in [1.807, 2.05) is 42.5 Å². The maximum atomic E-state index is 12.5. The molecule has 2 heterocycles. The van der Waals surface area contributed by atoms with Gasteiger partial charge in [0.05, 0.1) is 11.4 Å². The van der Waals surface area contributed by atoms with Crippen LogP contribution >= 0.6 is 0 Å². The van der Waals surface area contributed by atoms with E-state index in [1.165, 1.54) is 6.20 Å². The van der Waals surface area contributed by atoms with E-state index in [9.17, 15) is 10.1 Å².